The molecule has 7 nitrogen and oxygen atoms in total. The molecule has 0 unspecified atom stereocenters. The molecular weight excluding hydrogens is 376 g/mol. The second-order valence-corrected chi connectivity index (χ2v) is 7.15. The van der Waals surface area contributed by atoms with Crippen LogP contribution >= 0.6 is 11.3 Å². The lowest BCUT2D eigenvalue weighted by molar-refractivity contribution is 0.0703. The molecule has 136 valence electrons. The number of carbonyl (C=O) groups excluding carboxylic acids is 1. The van der Waals surface area contributed by atoms with Crippen LogP contribution in [-0.2, 0) is 0 Å². The summed E-state index contributed by atoms with van der Waals surface area (Å²) in [5.74, 6) is -1.09. The van der Waals surface area contributed by atoms with E-state index in [4.69, 9.17) is 0 Å². The van der Waals surface area contributed by atoms with Gasteiger partial charge in [0.15, 0.2) is 0 Å². The summed E-state index contributed by atoms with van der Waals surface area (Å²) in [7, 11) is 0. The van der Waals surface area contributed by atoms with Gasteiger partial charge in [-0.3, -0.25) is 9.88 Å². The average Bonchev–Trinajstić information content (AvgIpc) is 3.09. The van der Waals surface area contributed by atoms with E-state index in [2.05, 4.69) is 15.3 Å². The van der Waals surface area contributed by atoms with Crippen LogP contribution in [0.2, 0.25) is 0 Å². The summed E-state index contributed by atoms with van der Waals surface area (Å²) in [5, 5.41) is 12.8. The maximum atomic E-state index is 12.9. The molecule has 1 aliphatic rings. The number of hydrogen-bond acceptors (Lipinski definition) is 5. The number of thiophene rings is 1. The lowest BCUT2D eigenvalue weighted by Gasteiger charge is -2.28. The van der Waals surface area contributed by atoms with Crippen LogP contribution in [0.1, 0.15) is 9.67 Å². The Morgan fingerprint density at radius 3 is 2.64 bits per heavy atom. The van der Waals surface area contributed by atoms with E-state index < -0.39 is 12.0 Å². The largest absolute Gasteiger partial charge is 0.477 e. The van der Waals surface area contributed by atoms with Crippen molar-refractivity contribution in [2.45, 2.75) is 0 Å². The fraction of sp³-hybridized carbons (Fsp3) is 0. The molecule has 2 N–H and O–H groups in total. The summed E-state index contributed by atoms with van der Waals surface area (Å²) in [4.78, 5) is 35.3. The van der Waals surface area contributed by atoms with Gasteiger partial charge in [-0.1, -0.05) is 30.3 Å². The molecular formula is C20H12N4O3S. The van der Waals surface area contributed by atoms with Crippen LogP contribution in [0.5, 0.6) is 0 Å². The smallest absolute Gasteiger partial charge is 0.348 e. The molecule has 0 bridgehead atoms. The second-order valence-electron chi connectivity index (χ2n) is 6.15. The van der Waals surface area contributed by atoms with Crippen molar-refractivity contribution >= 4 is 50.6 Å². The molecule has 2 amide bonds. The molecule has 5 rings (SSSR count). The Labute approximate surface area is 162 Å². The standard InChI is InChI=1S/C20H12N4O3S/c25-19(26)17-16-15-14(7-9-22-18(15)28-17)24(20(27)23-16)12-6-8-21-13(10-12)11-4-2-1-3-5-11/h1-10H,(H,23,27)(H,25,26). The molecule has 1 aliphatic heterocycles. The first-order valence-electron chi connectivity index (χ1n) is 8.41. The summed E-state index contributed by atoms with van der Waals surface area (Å²) in [5.41, 5.74) is 3.20. The maximum Gasteiger partial charge on any atom is 0.348 e. The number of rotatable bonds is 3. The Morgan fingerprint density at radius 1 is 1.07 bits per heavy atom. The molecule has 4 heterocycles. The van der Waals surface area contributed by atoms with Gasteiger partial charge in [-0.2, -0.15) is 0 Å². The Kier molecular flexibility index (Phi) is 3.59. The fourth-order valence-electron chi connectivity index (χ4n) is 3.32. The van der Waals surface area contributed by atoms with Gasteiger partial charge >= 0.3 is 12.0 Å². The number of carboxylic acids is 1. The van der Waals surface area contributed by atoms with Crippen LogP contribution in [0.15, 0.2) is 60.9 Å². The number of pyridine rings is 2. The predicted octanol–water partition coefficient (Wildman–Crippen LogP) is 4.74. The highest BCUT2D eigenvalue weighted by Crippen LogP contribution is 2.45. The Bertz CT molecular complexity index is 1250. The van der Waals surface area contributed by atoms with Crippen molar-refractivity contribution in [2.24, 2.45) is 0 Å². The topological polar surface area (TPSA) is 95.4 Å². The summed E-state index contributed by atoms with van der Waals surface area (Å²) in [6.45, 7) is 0. The van der Waals surface area contributed by atoms with Gasteiger partial charge in [-0.25, -0.2) is 14.6 Å². The number of benzene rings is 1. The van der Waals surface area contributed by atoms with Gasteiger partial charge in [0.1, 0.15) is 9.71 Å². The SMILES string of the molecule is O=C(O)c1sc2nccc3c2c1NC(=O)N3c1ccnc(-c2ccccc2)c1. The number of aromatic nitrogens is 2. The van der Waals surface area contributed by atoms with E-state index in [1.54, 1.807) is 24.5 Å². The first kappa shape index (κ1) is 16.4. The normalized spacial score (nSPS) is 12.9. The minimum atomic E-state index is -1.09. The van der Waals surface area contributed by atoms with Crippen LogP contribution in [0.25, 0.3) is 21.5 Å². The van der Waals surface area contributed by atoms with Crippen molar-refractivity contribution < 1.29 is 14.7 Å². The summed E-state index contributed by atoms with van der Waals surface area (Å²) in [6.07, 6.45) is 3.23. The third kappa shape index (κ3) is 2.43. The molecule has 0 radical (unpaired) electrons. The molecule has 28 heavy (non-hydrogen) atoms. The van der Waals surface area contributed by atoms with E-state index in [1.807, 2.05) is 36.4 Å². The van der Waals surface area contributed by atoms with Crippen LogP contribution in [0.3, 0.4) is 0 Å². The van der Waals surface area contributed by atoms with Crippen LogP contribution in [0.4, 0.5) is 21.9 Å². The highest BCUT2D eigenvalue weighted by atomic mass is 32.1. The van der Waals surface area contributed by atoms with Crippen molar-refractivity contribution in [3.63, 3.8) is 0 Å². The van der Waals surface area contributed by atoms with Crippen molar-refractivity contribution in [2.75, 3.05) is 10.2 Å². The number of carbonyl (C=O) groups is 2. The molecule has 3 aromatic heterocycles. The molecule has 0 atom stereocenters. The van der Waals surface area contributed by atoms with Gasteiger partial charge in [-0.15, -0.1) is 11.3 Å². The van der Waals surface area contributed by atoms with E-state index in [9.17, 15) is 14.7 Å². The van der Waals surface area contributed by atoms with Crippen LogP contribution < -0.4 is 10.2 Å². The minimum absolute atomic E-state index is 0.0719. The van der Waals surface area contributed by atoms with Crippen molar-refractivity contribution in [1.82, 2.24) is 9.97 Å². The monoisotopic (exact) mass is 388 g/mol. The highest BCUT2D eigenvalue weighted by Gasteiger charge is 2.32. The van der Waals surface area contributed by atoms with Gasteiger partial charge in [0.05, 0.1) is 28.1 Å². The highest BCUT2D eigenvalue weighted by molar-refractivity contribution is 7.21. The van der Waals surface area contributed by atoms with E-state index in [-0.39, 0.29) is 4.88 Å². The number of carboxylic acid groups (broad SMARTS) is 1. The van der Waals surface area contributed by atoms with E-state index in [0.29, 0.717) is 27.3 Å². The molecule has 1 aromatic carbocycles. The van der Waals surface area contributed by atoms with Crippen molar-refractivity contribution in [3.05, 3.63) is 65.8 Å². The number of hydrogen-bond donors (Lipinski definition) is 2. The summed E-state index contributed by atoms with van der Waals surface area (Å²) >= 11 is 1.05. The van der Waals surface area contributed by atoms with Gasteiger partial charge in [-0.05, 0) is 18.2 Å². The van der Waals surface area contributed by atoms with Crippen LogP contribution in [0, 0.1) is 0 Å². The molecule has 0 fully saturated rings. The molecule has 0 saturated heterocycles. The zero-order chi connectivity index (χ0) is 19.3. The number of nitrogens with zero attached hydrogens (tertiary/aromatic N) is 3. The number of aromatic carboxylic acids is 1. The van der Waals surface area contributed by atoms with E-state index in [0.717, 1.165) is 22.6 Å². The third-order valence-corrected chi connectivity index (χ3v) is 5.60. The first-order valence-corrected chi connectivity index (χ1v) is 9.22. The third-order valence-electron chi connectivity index (χ3n) is 4.51. The molecule has 4 aromatic rings. The molecule has 0 spiro atoms. The minimum Gasteiger partial charge on any atom is -0.477 e. The Morgan fingerprint density at radius 2 is 1.86 bits per heavy atom. The number of urea groups is 1. The first-order chi connectivity index (χ1) is 13.6. The van der Waals surface area contributed by atoms with E-state index in [1.165, 1.54) is 4.90 Å². The lowest BCUT2D eigenvalue weighted by atomic mass is 10.1. The van der Waals surface area contributed by atoms with Crippen molar-refractivity contribution in [3.8, 4) is 11.3 Å². The zero-order valence-corrected chi connectivity index (χ0v) is 15.1. The van der Waals surface area contributed by atoms with Crippen LogP contribution in [-0.4, -0.2) is 27.1 Å². The number of nitrogens with one attached hydrogen (secondary N) is 1. The van der Waals surface area contributed by atoms with Crippen molar-refractivity contribution in [1.29, 1.82) is 0 Å². The molecule has 0 aliphatic carbocycles. The molecule has 0 saturated carbocycles. The lowest BCUT2D eigenvalue weighted by Crippen LogP contribution is -2.34. The van der Waals surface area contributed by atoms with Gasteiger partial charge in [0.25, 0.3) is 0 Å². The van der Waals surface area contributed by atoms with Gasteiger partial charge in [0, 0.05) is 18.0 Å². The predicted molar refractivity (Wildman–Crippen MR) is 107 cm³/mol. The average molecular weight is 388 g/mol. The van der Waals surface area contributed by atoms with E-state index >= 15 is 0 Å². The Balaban J connectivity index is 1.70. The fourth-order valence-corrected chi connectivity index (χ4v) is 4.27. The number of amides is 2. The number of anilines is 3. The quantitative estimate of drug-likeness (QED) is 0.528. The maximum absolute atomic E-state index is 12.9. The Hall–Kier alpha value is -3.78. The second kappa shape index (κ2) is 6.14. The molecule has 8 heteroatoms. The summed E-state index contributed by atoms with van der Waals surface area (Å²) < 4.78 is 0. The van der Waals surface area contributed by atoms with Gasteiger partial charge < -0.3 is 10.4 Å². The summed E-state index contributed by atoms with van der Waals surface area (Å²) in [6, 6.07) is 14.5. The van der Waals surface area contributed by atoms with Gasteiger partial charge in [0.2, 0.25) is 0 Å². The zero-order valence-electron chi connectivity index (χ0n) is 14.3.